The van der Waals surface area contributed by atoms with Crippen LogP contribution in [0.2, 0.25) is 5.02 Å². The summed E-state index contributed by atoms with van der Waals surface area (Å²) in [7, 11) is 0. The van der Waals surface area contributed by atoms with E-state index in [1.165, 1.54) is 127 Å². The molecule has 3 amide bonds. The zero-order valence-corrected chi connectivity index (χ0v) is 37.4. The second-order valence-corrected chi connectivity index (χ2v) is 17.2. The van der Waals surface area contributed by atoms with Crippen LogP contribution in [-0.2, 0) is 25.6 Å². The number of cyclic esters (lactones) is 1. The van der Waals surface area contributed by atoms with Gasteiger partial charge in [0.05, 0.1) is 33.8 Å². The number of halogens is 1. The Morgan fingerprint density at radius 2 is 1.28 bits per heavy atom. The summed E-state index contributed by atoms with van der Waals surface area (Å²) < 4.78 is 12.4. The molecule has 0 aliphatic carbocycles. The summed E-state index contributed by atoms with van der Waals surface area (Å²) in [5, 5.41) is 3.20. The molecule has 2 aromatic carbocycles. The predicted molar refractivity (Wildman–Crippen MR) is 239 cm³/mol. The fourth-order valence-corrected chi connectivity index (χ4v) is 7.93. The lowest BCUT2D eigenvalue weighted by Gasteiger charge is -2.26. The molecule has 1 N–H and O–H groups in total. The summed E-state index contributed by atoms with van der Waals surface area (Å²) in [6.07, 6.45) is 24.2. The van der Waals surface area contributed by atoms with E-state index in [4.69, 9.17) is 26.1 Å². The first-order valence-electron chi connectivity index (χ1n) is 22.8. The van der Waals surface area contributed by atoms with Gasteiger partial charge in [0.2, 0.25) is 0 Å². The van der Waals surface area contributed by atoms with Gasteiger partial charge >= 0.3 is 12.1 Å². The van der Waals surface area contributed by atoms with Gasteiger partial charge in [0.1, 0.15) is 5.82 Å². The van der Waals surface area contributed by atoms with Crippen LogP contribution in [0.5, 0.6) is 0 Å². The molecule has 3 aromatic rings. The van der Waals surface area contributed by atoms with Crippen LogP contribution in [0.1, 0.15) is 191 Å². The van der Waals surface area contributed by atoms with Crippen LogP contribution in [0.3, 0.4) is 0 Å². The van der Waals surface area contributed by atoms with Crippen molar-refractivity contribution < 1.29 is 28.7 Å². The highest BCUT2D eigenvalue weighted by atomic mass is 35.5. The number of hydrogen-bond donors (Lipinski definition) is 1. The zero-order valence-electron chi connectivity index (χ0n) is 36.7. The minimum atomic E-state index is -1.70. The number of benzene rings is 2. The molecule has 1 saturated heterocycles. The van der Waals surface area contributed by atoms with Crippen molar-refractivity contribution in [1.82, 2.24) is 14.5 Å². The lowest BCUT2D eigenvalue weighted by Crippen LogP contribution is -2.46. The van der Waals surface area contributed by atoms with Gasteiger partial charge in [0.15, 0.2) is 11.6 Å². The minimum Gasteiger partial charge on any atom is -0.462 e. The van der Waals surface area contributed by atoms with Gasteiger partial charge in [-0.15, -0.1) is 0 Å². The summed E-state index contributed by atoms with van der Waals surface area (Å²) in [5.74, 6) is -2.27. The van der Waals surface area contributed by atoms with Gasteiger partial charge in [-0.3, -0.25) is 19.0 Å². The van der Waals surface area contributed by atoms with Crippen molar-refractivity contribution >= 4 is 52.1 Å². The van der Waals surface area contributed by atoms with Crippen molar-refractivity contribution in [2.24, 2.45) is 0 Å². The van der Waals surface area contributed by atoms with Crippen molar-refractivity contribution in [3.63, 3.8) is 0 Å². The first-order valence-corrected chi connectivity index (χ1v) is 23.2. The third-order valence-electron chi connectivity index (χ3n) is 11.3. The quantitative estimate of drug-likeness (QED) is 0.0538. The van der Waals surface area contributed by atoms with Gasteiger partial charge in [-0.1, -0.05) is 166 Å². The second-order valence-electron chi connectivity index (χ2n) is 16.8. The molecule has 60 heavy (non-hydrogen) atoms. The van der Waals surface area contributed by atoms with E-state index in [2.05, 4.69) is 19.2 Å². The Hall–Kier alpha value is -4.25. The smallest absolute Gasteiger partial charge is 0.418 e. The lowest BCUT2D eigenvalue weighted by molar-refractivity contribution is -0.139. The van der Waals surface area contributed by atoms with Gasteiger partial charge in [-0.05, 0) is 57.0 Å². The Morgan fingerprint density at radius 3 is 1.83 bits per heavy atom. The van der Waals surface area contributed by atoms with Crippen molar-refractivity contribution in [2.75, 3.05) is 11.9 Å². The summed E-state index contributed by atoms with van der Waals surface area (Å²) in [5.41, 5.74) is -1.41. The van der Waals surface area contributed by atoms with Crippen LogP contribution in [0.25, 0.3) is 10.9 Å². The maximum absolute atomic E-state index is 14.5. The Kier molecular flexibility index (Phi) is 20.6. The second kappa shape index (κ2) is 25.5. The van der Waals surface area contributed by atoms with E-state index in [9.17, 15) is 24.0 Å². The molecule has 11 nitrogen and oxygen atoms in total. The largest absolute Gasteiger partial charge is 0.462 e. The molecule has 0 radical (unpaired) electrons. The minimum absolute atomic E-state index is 0.0649. The molecule has 0 bridgehead atoms. The molecular weight excluding hydrogens is 780 g/mol. The number of carbonyl (C=O) groups excluding carboxylic acids is 4. The fourth-order valence-electron chi connectivity index (χ4n) is 7.76. The van der Waals surface area contributed by atoms with E-state index < -0.39 is 35.5 Å². The first-order chi connectivity index (χ1) is 29.0. The fraction of sp³-hybridized carbons (Fsp3) is 0.625. The Bertz CT molecular complexity index is 1910. The van der Waals surface area contributed by atoms with Gasteiger partial charge in [0.25, 0.3) is 17.4 Å². The summed E-state index contributed by atoms with van der Waals surface area (Å²) >= 11 is 6.57. The van der Waals surface area contributed by atoms with Crippen molar-refractivity contribution in [1.29, 1.82) is 0 Å². The summed E-state index contributed by atoms with van der Waals surface area (Å²) in [6, 6.07) is 9.46. The van der Waals surface area contributed by atoms with Crippen LogP contribution in [0, 0.1) is 0 Å². The number of imide groups is 1. The third kappa shape index (κ3) is 14.4. The molecular formula is C48H69ClN4O7. The van der Waals surface area contributed by atoms with Crippen molar-refractivity contribution in [3.8, 4) is 0 Å². The number of amides is 3. The number of unbranched alkanes of at least 4 members (excludes halogenated alkanes) is 20. The van der Waals surface area contributed by atoms with Crippen molar-refractivity contribution in [3.05, 3.63) is 69.2 Å². The molecule has 12 heteroatoms. The Balaban J connectivity index is 1.47. The highest BCUT2D eigenvalue weighted by Crippen LogP contribution is 2.34. The third-order valence-corrected chi connectivity index (χ3v) is 11.7. The van der Waals surface area contributed by atoms with Crippen LogP contribution >= 0.6 is 11.6 Å². The van der Waals surface area contributed by atoms with Gasteiger partial charge in [-0.2, -0.15) is 0 Å². The Labute approximate surface area is 362 Å². The molecule has 0 spiro atoms. The molecule has 1 aliphatic rings. The number of anilines is 1. The summed E-state index contributed by atoms with van der Waals surface area (Å²) in [4.78, 5) is 74.5. The van der Waals surface area contributed by atoms with Gasteiger partial charge in [0, 0.05) is 6.54 Å². The molecule has 0 saturated carbocycles. The first kappa shape index (κ1) is 48.4. The van der Waals surface area contributed by atoms with E-state index in [1.807, 2.05) is 0 Å². The predicted octanol–water partition coefficient (Wildman–Crippen LogP) is 12.3. The monoisotopic (exact) mass is 848 g/mol. The lowest BCUT2D eigenvalue weighted by atomic mass is 10.1. The van der Waals surface area contributed by atoms with Crippen LogP contribution in [0.15, 0.2) is 47.3 Å². The maximum atomic E-state index is 14.5. The number of hydrogen-bond acceptors (Lipinski definition) is 8. The number of carbonyl (C=O) groups is 4. The molecule has 4 rings (SSSR count). The highest BCUT2D eigenvalue weighted by molar-refractivity contribution is 6.34. The summed E-state index contributed by atoms with van der Waals surface area (Å²) in [6.45, 7) is 7.81. The molecule has 1 aliphatic heterocycles. The Morgan fingerprint density at radius 1 is 0.750 bits per heavy atom. The molecule has 1 fully saturated rings. The SMILES string of the molecule is CCCCCCCCCCCCCCOC(=O)c1ccc(Cl)c(NC(=O)C(c2nc3ccccc3c(=O)n2CCCCCCCCCCCC)N2C(=O)OC(C)(C)C2=O)c1. The van der Waals surface area contributed by atoms with Gasteiger partial charge in [-0.25, -0.2) is 19.5 Å². The van der Waals surface area contributed by atoms with E-state index in [1.54, 1.807) is 24.3 Å². The number of esters is 1. The molecule has 1 atom stereocenters. The van der Waals surface area contributed by atoms with Crippen LogP contribution < -0.4 is 10.9 Å². The van der Waals surface area contributed by atoms with Crippen molar-refractivity contribution in [2.45, 2.75) is 187 Å². The number of rotatable bonds is 29. The van der Waals surface area contributed by atoms with Gasteiger partial charge < -0.3 is 14.8 Å². The zero-order chi connectivity index (χ0) is 43.3. The molecule has 1 aromatic heterocycles. The number of fused-ring (bicyclic) bond motifs is 1. The normalized spacial score (nSPS) is 14.1. The molecule has 2 heterocycles. The maximum Gasteiger partial charge on any atom is 0.418 e. The number of para-hydroxylation sites is 1. The standard InChI is InChI=1S/C48H69ClN4O7/c1-5-7-9-11-13-15-17-18-20-22-24-28-34-59-45(56)36-31-32-38(49)40(35-36)51-43(54)41(53-46(57)48(3,4)60-47(53)58)42-50-39-30-26-25-29-37(39)44(55)52(42)33-27-23-21-19-16-14-12-10-8-6-2/h25-26,29-32,35,41H,5-24,27-28,33-34H2,1-4H3,(H,51,54). The number of ether oxygens (including phenoxy) is 2. The van der Waals surface area contributed by atoms with Crippen LogP contribution in [0.4, 0.5) is 10.5 Å². The number of nitrogens with zero attached hydrogens (tertiary/aromatic N) is 3. The van der Waals surface area contributed by atoms with E-state index in [0.29, 0.717) is 17.3 Å². The molecule has 1 unspecified atom stereocenters. The highest BCUT2D eigenvalue weighted by Gasteiger charge is 2.53. The average molecular weight is 850 g/mol. The van der Waals surface area contributed by atoms with Crippen LogP contribution in [-0.4, -0.2) is 50.5 Å². The number of aromatic nitrogens is 2. The molecule has 330 valence electrons. The van der Waals surface area contributed by atoms with E-state index >= 15 is 0 Å². The van der Waals surface area contributed by atoms with E-state index in [-0.39, 0.29) is 40.8 Å². The average Bonchev–Trinajstić information content (AvgIpc) is 3.43. The number of nitrogens with one attached hydrogen (secondary N) is 1. The topological polar surface area (TPSA) is 137 Å². The van der Waals surface area contributed by atoms with E-state index in [0.717, 1.165) is 49.8 Å².